The van der Waals surface area contributed by atoms with Crippen LogP contribution in [0.1, 0.15) is 33.8 Å². The van der Waals surface area contributed by atoms with E-state index in [2.05, 4.69) is 39.4 Å². The van der Waals surface area contributed by atoms with Crippen molar-refractivity contribution in [3.63, 3.8) is 0 Å². The monoisotopic (exact) mass is 808 g/mol. The molecule has 6 rings (SSSR count). The van der Waals surface area contributed by atoms with E-state index in [-0.39, 0.29) is 63.1 Å². The number of nitrogens with two attached hydrogens (primary N) is 1. The molecule has 18 heteroatoms. The lowest BCUT2D eigenvalue weighted by molar-refractivity contribution is -0.878. The van der Waals surface area contributed by atoms with E-state index in [1.165, 1.54) is 61.5 Å². The van der Waals surface area contributed by atoms with Crippen LogP contribution in [0.4, 0.5) is 20.2 Å². The number of imidazole rings is 1. The normalized spacial score (nSPS) is 15.9. The number of quaternary nitrogens is 1. The summed E-state index contributed by atoms with van der Waals surface area (Å²) in [5, 5.41) is 5.81. The van der Waals surface area contributed by atoms with E-state index in [0.717, 1.165) is 24.0 Å². The van der Waals surface area contributed by atoms with Crippen molar-refractivity contribution in [3.8, 4) is 22.5 Å². The van der Waals surface area contributed by atoms with Gasteiger partial charge in [0.25, 0.3) is 18.3 Å². The molecule has 1 unspecified atom stereocenters. The van der Waals surface area contributed by atoms with Gasteiger partial charge < -0.3 is 40.0 Å². The average Bonchev–Trinajstić information content (AvgIpc) is 3.76. The number of methoxy groups -OCH3 is 1. The fourth-order valence-corrected chi connectivity index (χ4v) is 7.06. The van der Waals surface area contributed by atoms with E-state index in [9.17, 15) is 19.2 Å². The predicted octanol–water partition coefficient (Wildman–Crippen LogP) is 3.79. The van der Waals surface area contributed by atoms with Crippen LogP contribution in [-0.4, -0.2) is 126 Å². The molecule has 0 radical (unpaired) electrons. The second-order valence-electron chi connectivity index (χ2n) is 14.3. The Morgan fingerprint density at radius 1 is 0.965 bits per heavy atom. The highest BCUT2D eigenvalue weighted by molar-refractivity contribution is 6.34. The lowest BCUT2D eigenvalue weighted by Crippen LogP contribution is -2.52. The van der Waals surface area contributed by atoms with E-state index in [1.807, 2.05) is 4.90 Å². The Bertz CT molecular complexity index is 2140. The molecule has 4 N–H and O–H groups in total. The second kappa shape index (κ2) is 18.3. The predicted molar refractivity (Wildman–Crippen MR) is 209 cm³/mol. The minimum atomic E-state index is -1.14. The van der Waals surface area contributed by atoms with Crippen molar-refractivity contribution in [1.29, 1.82) is 0 Å². The minimum Gasteiger partial charge on any atom is -0.471 e. The summed E-state index contributed by atoms with van der Waals surface area (Å²) in [4.78, 5) is 71.4. The molecule has 2 saturated heterocycles. The summed E-state index contributed by atoms with van der Waals surface area (Å²) in [5.41, 5.74) is 6.48. The Balaban J connectivity index is 0.00000148. The van der Waals surface area contributed by atoms with Crippen molar-refractivity contribution < 1.29 is 42.0 Å². The fraction of sp³-hybridized carbons (Fsp3) is 0.359. The SMILES string of the molecule is COC=O.Cn1c(-c2ccc(-c3ccc(NCCC(N)=O)cn3)c(F)c2F)cnc1C(=O)Nc1ccc(C(=O)N2CCN(C(=O)C3CC[N+](C)(C)C3)CC2)c(Cl)c1. The first-order valence-corrected chi connectivity index (χ1v) is 18.5. The zero-order valence-corrected chi connectivity index (χ0v) is 32.8. The highest BCUT2D eigenvalue weighted by Gasteiger charge is 2.38. The number of carbonyl (C=O) groups excluding carboxylic acids is 5. The quantitative estimate of drug-likeness (QED) is 0.150. The van der Waals surface area contributed by atoms with Crippen LogP contribution in [0.15, 0.2) is 54.9 Å². The van der Waals surface area contributed by atoms with E-state index >= 15 is 8.78 Å². The Morgan fingerprint density at radius 2 is 1.61 bits per heavy atom. The molecule has 0 spiro atoms. The van der Waals surface area contributed by atoms with Crippen LogP contribution in [0.2, 0.25) is 5.02 Å². The third kappa shape index (κ3) is 10.1. The van der Waals surface area contributed by atoms with E-state index in [1.54, 1.807) is 17.0 Å². The zero-order valence-electron chi connectivity index (χ0n) is 32.1. The van der Waals surface area contributed by atoms with Crippen molar-refractivity contribution >= 4 is 53.1 Å². The maximum absolute atomic E-state index is 15.5. The number of ether oxygens (including phenoxy) is 1. The third-order valence-electron chi connectivity index (χ3n) is 9.87. The number of primary amides is 1. The first kappa shape index (κ1) is 42.2. The molecule has 4 amide bonds. The molecule has 4 heterocycles. The molecule has 15 nitrogen and oxygen atoms in total. The van der Waals surface area contributed by atoms with Gasteiger partial charge in [-0.3, -0.25) is 29.0 Å². The largest absolute Gasteiger partial charge is 0.471 e. The van der Waals surface area contributed by atoms with Gasteiger partial charge in [0, 0.05) is 69.4 Å². The lowest BCUT2D eigenvalue weighted by atomic mass is 10.0. The number of amides is 4. The number of benzene rings is 2. The molecule has 2 fully saturated rings. The number of piperazine rings is 1. The van der Waals surface area contributed by atoms with Gasteiger partial charge in [-0.25, -0.2) is 13.8 Å². The van der Waals surface area contributed by atoms with E-state index in [4.69, 9.17) is 22.1 Å². The third-order valence-corrected chi connectivity index (χ3v) is 10.2. The fourth-order valence-electron chi connectivity index (χ4n) is 6.80. The van der Waals surface area contributed by atoms with Crippen molar-refractivity contribution in [3.05, 3.63) is 82.9 Å². The van der Waals surface area contributed by atoms with Crippen LogP contribution in [0.25, 0.3) is 22.5 Å². The maximum atomic E-state index is 15.5. The van der Waals surface area contributed by atoms with Gasteiger partial charge in [0.1, 0.15) is 0 Å². The summed E-state index contributed by atoms with van der Waals surface area (Å²) in [6.45, 7) is 4.17. The van der Waals surface area contributed by atoms with Crippen molar-refractivity contribution in [2.45, 2.75) is 12.8 Å². The van der Waals surface area contributed by atoms with Gasteiger partial charge in [-0.1, -0.05) is 11.6 Å². The summed E-state index contributed by atoms with van der Waals surface area (Å²) < 4.78 is 36.8. The number of hydrogen-bond acceptors (Lipinski definition) is 9. The molecule has 2 aliphatic heterocycles. The number of halogens is 3. The summed E-state index contributed by atoms with van der Waals surface area (Å²) in [5.74, 6) is -3.53. The molecule has 302 valence electrons. The number of likely N-dealkylation sites (tertiary alicyclic amines) is 1. The Morgan fingerprint density at radius 3 is 2.21 bits per heavy atom. The highest BCUT2D eigenvalue weighted by atomic mass is 35.5. The molecule has 0 bridgehead atoms. The molecular weight excluding hydrogens is 764 g/mol. The first-order valence-electron chi connectivity index (χ1n) is 18.1. The van der Waals surface area contributed by atoms with Gasteiger partial charge in [-0.05, 0) is 42.5 Å². The number of carbonyl (C=O) groups is 5. The first-order chi connectivity index (χ1) is 27.1. The van der Waals surface area contributed by atoms with E-state index < -0.39 is 23.4 Å². The van der Waals surface area contributed by atoms with Crippen LogP contribution >= 0.6 is 11.6 Å². The van der Waals surface area contributed by atoms with Gasteiger partial charge in [-0.2, -0.15) is 0 Å². The number of nitrogens with zero attached hydrogens (tertiary/aromatic N) is 6. The Hall–Kier alpha value is -5.94. The van der Waals surface area contributed by atoms with Crippen LogP contribution in [0.3, 0.4) is 0 Å². The van der Waals surface area contributed by atoms with Gasteiger partial charge >= 0.3 is 0 Å². The number of pyridine rings is 1. The molecule has 2 aromatic heterocycles. The van der Waals surface area contributed by atoms with Crippen LogP contribution in [-0.2, 0) is 26.2 Å². The van der Waals surface area contributed by atoms with Crippen LogP contribution in [0, 0.1) is 17.6 Å². The van der Waals surface area contributed by atoms with Gasteiger partial charge in [0.2, 0.25) is 11.8 Å². The highest BCUT2D eigenvalue weighted by Crippen LogP contribution is 2.32. The summed E-state index contributed by atoms with van der Waals surface area (Å²) in [6.07, 6.45) is 3.71. The molecule has 0 aliphatic carbocycles. The zero-order chi connectivity index (χ0) is 41.4. The Labute approximate surface area is 333 Å². The number of aromatic nitrogens is 3. The van der Waals surface area contributed by atoms with Crippen molar-refractivity contribution in [2.24, 2.45) is 18.7 Å². The molecular formula is C39H45ClF2N9O6+. The summed E-state index contributed by atoms with van der Waals surface area (Å²) in [6, 6.07) is 10.5. The molecule has 2 aromatic carbocycles. The maximum Gasteiger partial charge on any atom is 0.292 e. The molecule has 57 heavy (non-hydrogen) atoms. The number of rotatable bonds is 11. The summed E-state index contributed by atoms with van der Waals surface area (Å²) >= 11 is 6.52. The van der Waals surface area contributed by atoms with Crippen molar-refractivity contribution in [1.82, 2.24) is 24.3 Å². The van der Waals surface area contributed by atoms with Gasteiger partial charge in [0.15, 0.2) is 17.5 Å². The van der Waals surface area contributed by atoms with Gasteiger partial charge in [-0.15, -0.1) is 0 Å². The minimum absolute atomic E-state index is 0.0112. The van der Waals surface area contributed by atoms with Gasteiger partial charge in [0.05, 0.1) is 80.3 Å². The number of hydrogen-bond donors (Lipinski definition) is 3. The second-order valence-corrected chi connectivity index (χ2v) is 14.7. The van der Waals surface area contributed by atoms with Crippen LogP contribution in [0.5, 0.6) is 0 Å². The molecule has 4 aromatic rings. The average molecular weight is 809 g/mol. The molecule has 1 atom stereocenters. The Kier molecular flexibility index (Phi) is 13.6. The standard InChI is InChI=1S/C37H40ClF2N9O4.C2H4O2/c1-46-30(27-8-7-26(32(39)33(27)40)29-9-5-24(19-43-29)42-12-10-31(41)50)20-44-34(46)35(51)45-23-4-6-25(28(38)18-23)37(53)48-15-13-47(14-16-48)36(52)22-11-17-49(2,3)21-22;1-4-2-3/h4-9,18-20,22H,10-17,21H2,1-3H3,(H3-,41,42,45,50,51,53);2H,1H3/p+1. The number of nitrogens with one attached hydrogen (secondary N) is 2. The topological polar surface area (TPSA) is 182 Å². The molecule has 0 saturated carbocycles. The van der Waals surface area contributed by atoms with Crippen LogP contribution < -0.4 is 16.4 Å². The number of anilines is 2. The van der Waals surface area contributed by atoms with E-state index in [0.29, 0.717) is 50.6 Å². The smallest absolute Gasteiger partial charge is 0.292 e. The summed E-state index contributed by atoms with van der Waals surface area (Å²) in [7, 11) is 7.07. The molecule has 2 aliphatic rings. The van der Waals surface area contributed by atoms with Crippen molar-refractivity contribution in [2.75, 3.05) is 77.7 Å². The lowest BCUT2D eigenvalue weighted by Gasteiger charge is -2.36.